The second kappa shape index (κ2) is 5.61. The van der Waals surface area contributed by atoms with E-state index in [1.807, 2.05) is 25.6 Å². The van der Waals surface area contributed by atoms with Crippen molar-refractivity contribution < 1.29 is 4.42 Å². The molecule has 2 unspecified atom stereocenters. The largest absolute Gasteiger partial charge is 0.466 e. The Morgan fingerprint density at radius 3 is 2.84 bits per heavy atom. The number of hydrogen-bond donors (Lipinski definition) is 1. The average Bonchev–Trinajstić information content (AvgIpc) is 2.69. The molecule has 1 aliphatic heterocycles. The first-order valence-corrected chi connectivity index (χ1v) is 7.98. The minimum atomic E-state index is 0.145. The third-order valence-electron chi connectivity index (χ3n) is 3.92. The quantitative estimate of drug-likeness (QED) is 0.901. The van der Waals surface area contributed by atoms with Crippen LogP contribution < -0.4 is 5.32 Å². The highest BCUT2D eigenvalue weighted by molar-refractivity contribution is 8.13. The standard InChI is InChI=1S/C15H24N2OS/c1-6-15(5)7-8-19-14(17-15)16-11(3)13-9-10(2)18-12(13)4/h9,11H,6-8H2,1-5H3,(H,16,17). The van der Waals surface area contributed by atoms with Crippen LogP contribution in [0.4, 0.5) is 0 Å². The van der Waals surface area contributed by atoms with Gasteiger partial charge in [0, 0.05) is 16.9 Å². The molecule has 19 heavy (non-hydrogen) atoms. The van der Waals surface area contributed by atoms with Gasteiger partial charge in [-0.1, -0.05) is 18.7 Å². The van der Waals surface area contributed by atoms with Crippen molar-refractivity contribution in [2.45, 2.75) is 59.0 Å². The molecule has 0 bridgehead atoms. The first kappa shape index (κ1) is 14.5. The van der Waals surface area contributed by atoms with Gasteiger partial charge in [0.05, 0.1) is 6.04 Å². The zero-order valence-corrected chi connectivity index (χ0v) is 13.4. The minimum absolute atomic E-state index is 0.145. The fourth-order valence-corrected chi connectivity index (χ4v) is 3.67. The summed E-state index contributed by atoms with van der Waals surface area (Å²) in [4.78, 5) is 4.83. The van der Waals surface area contributed by atoms with Crippen molar-refractivity contribution in [3.8, 4) is 0 Å². The number of hydrogen-bond acceptors (Lipinski definition) is 3. The van der Waals surface area contributed by atoms with E-state index in [2.05, 4.69) is 32.2 Å². The number of nitrogens with zero attached hydrogens (tertiary/aromatic N) is 1. The predicted octanol–water partition coefficient (Wildman–Crippen LogP) is 4.21. The topological polar surface area (TPSA) is 37.5 Å². The Labute approximate surface area is 120 Å². The number of aryl methyl sites for hydroxylation is 2. The van der Waals surface area contributed by atoms with Crippen molar-refractivity contribution in [1.82, 2.24) is 5.32 Å². The zero-order chi connectivity index (χ0) is 14.0. The van der Waals surface area contributed by atoms with Crippen molar-refractivity contribution in [2.24, 2.45) is 4.99 Å². The van der Waals surface area contributed by atoms with Gasteiger partial charge in [0.2, 0.25) is 0 Å². The molecule has 0 aliphatic carbocycles. The second-order valence-corrected chi connectivity index (χ2v) is 6.70. The highest BCUT2D eigenvalue weighted by atomic mass is 32.2. The lowest BCUT2D eigenvalue weighted by atomic mass is 9.96. The van der Waals surface area contributed by atoms with Crippen LogP contribution in [-0.4, -0.2) is 16.5 Å². The highest BCUT2D eigenvalue weighted by Crippen LogP contribution is 2.29. The van der Waals surface area contributed by atoms with Crippen molar-refractivity contribution in [3.63, 3.8) is 0 Å². The molecule has 1 aromatic rings. The monoisotopic (exact) mass is 280 g/mol. The lowest BCUT2D eigenvalue weighted by molar-refractivity contribution is 0.389. The molecular weight excluding hydrogens is 256 g/mol. The Bertz CT molecular complexity index is 480. The van der Waals surface area contributed by atoms with E-state index in [0.717, 1.165) is 28.9 Å². The molecule has 4 heteroatoms. The molecule has 1 aliphatic rings. The van der Waals surface area contributed by atoms with Crippen LogP contribution in [0, 0.1) is 13.8 Å². The molecule has 2 atom stereocenters. The zero-order valence-electron chi connectivity index (χ0n) is 12.5. The highest BCUT2D eigenvalue weighted by Gasteiger charge is 2.28. The summed E-state index contributed by atoms with van der Waals surface area (Å²) in [5.41, 5.74) is 1.39. The summed E-state index contributed by atoms with van der Waals surface area (Å²) >= 11 is 1.82. The number of rotatable bonds is 3. The number of furan rings is 1. The molecule has 0 saturated carbocycles. The average molecular weight is 280 g/mol. The molecule has 0 spiro atoms. The molecule has 106 valence electrons. The molecular formula is C15H24N2OS. The van der Waals surface area contributed by atoms with Gasteiger partial charge in [0.1, 0.15) is 11.5 Å². The third kappa shape index (κ3) is 3.35. The number of nitrogens with one attached hydrogen (secondary N) is 1. The van der Waals surface area contributed by atoms with Gasteiger partial charge in [0.25, 0.3) is 0 Å². The van der Waals surface area contributed by atoms with E-state index >= 15 is 0 Å². The summed E-state index contributed by atoms with van der Waals surface area (Å²) < 4.78 is 5.59. The van der Waals surface area contributed by atoms with Gasteiger partial charge in [-0.2, -0.15) is 0 Å². The lowest BCUT2D eigenvalue weighted by Crippen LogP contribution is -2.48. The lowest BCUT2D eigenvalue weighted by Gasteiger charge is -2.35. The van der Waals surface area contributed by atoms with Crippen LogP contribution >= 0.6 is 11.8 Å². The van der Waals surface area contributed by atoms with E-state index in [9.17, 15) is 0 Å². The summed E-state index contributed by atoms with van der Waals surface area (Å²) in [5, 5.41) is 4.66. The Morgan fingerprint density at radius 2 is 2.26 bits per heavy atom. The van der Waals surface area contributed by atoms with E-state index in [1.54, 1.807) is 0 Å². The number of aliphatic imine (C=N–C) groups is 1. The fourth-order valence-electron chi connectivity index (χ4n) is 2.38. The number of amidine groups is 1. The van der Waals surface area contributed by atoms with Gasteiger partial charge in [-0.05, 0) is 46.6 Å². The van der Waals surface area contributed by atoms with Gasteiger partial charge < -0.3 is 9.73 Å². The van der Waals surface area contributed by atoms with Crippen molar-refractivity contribution in [3.05, 3.63) is 23.2 Å². The van der Waals surface area contributed by atoms with Crippen LogP contribution in [0.3, 0.4) is 0 Å². The van der Waals surface area contributed by atoms with Gasteiger partial charge in [-0.25, -0.2) is 0 Å². The number of thioether (sulfide) groups is 1. The Balaban J connectivity index is 2.14. The Kier molecular flexibility index (Phi) is 4.29. The fraction of sp³-hybridized carbons (Fsp3) is 0.667. The van der Waals surface area contributed by atoms with Crippen LogP contribution in [0.5, 0.6) is 0 Å². The van der Waals surface area contributed by atoms with Gasteiger partial charge in [-0.15, -0.1) is 0 Å². The Hall–Kier alpha value is -0.900. The SMILES string of the molecule is CCC1(C)CCSC(=NC(C)c2cc(C)oc2C)N1. The summed E-state index contributed by atoms with van der Waals surface area (Å²) in [7, 11) is 0. The smallest absolute Gasteiger partial charge is 0.157 e. The molecule has 2 heterocycles. The van der Waals surface area contributed by atoms with Gasteiger partial charge in [0.15, 0.2) is 5.17 Å². The molecule has 3 nitrogen and oxygen atoms in total. The summed E-state index contributed by atoms with van der Waals surface area (Å²) in [6.07, 6.45) is 2.33. The molecule has 2 rings (SSSR count). The molecule has 0 amide bonds. The molecule has 0 radical (unpaired) electrons. The summed E-state index contributed by atoms with van der Waals surface area (Å²) in [5.74, 6) is 3.09. The molecule has 0 aromatic carbocycles. The van der Waals surface area contributed by atoms with Crippen LogP contribution in [0.2, 0.25) is 0 Å². The van der Waals surface area contributed by atoms with Crippen LogP contribution in [0.15, 0.2) is 15.5 Å². The van der Waals surface area contributed by atoms with E-state index in [0.29, 0.717) is 0 Å². The molecule has 1 aromatic heterocycles. The first-order valence-electron chi connectivity index (χ1n) is 6.99. The van der Waals surface area contributed by atoms with E-state index < -0.39 is 0 Å². The molecule has 1 N–H and O–H groups in total. The van der Waals surface area contributed by atoms with Crippen molar-refractivity contribution in [1.29, 1.82) is 0 Å². The van der Waals surface area contributed by atoms with E-state index in [-0.39, 0.29) is 11.6 Å². The predicted molar refractivity (Wildman–Crippen MR) is 82.9 cm³/mol. The van der Waals surface area contributed by atoms with Crippen LogP contribution in [0.25, 0.3) is 0 Å². The normalized spacial score (nSPS) is 27.3. The maximum absolute atomic E-state index is 5.59. The van der Waals surface area contributed by atoms with Crippen LogP contribution in [0.1, 0.15) is 56.7 Å². The third-order valence-corrected chi connectivity index (χ3v) is 4.81. The Morgan fingerprint density at radius 1 is 1.53 bits per heavy atom. The molecule has 1 saturated heterocycles. The van der Waals surface area contributed by atoms with E-state index in [4.69, 9.17) is 9.41 Å². The van der Waals surface area contributed by atoms with Crippen LogP contribution in [-0.2, 0) is 0 Å². The minimum Gasteiger partial charge on any atom is -0.466 e. The van der Waals surface area contributed by atoms with Crippen molar-refractivity contribution >= 4 is 16.9 Å². The molecule has 1 fully saturated rings. The maximum Gasteiger partial charge on any atom is 0.157 e. The van der Waals surface area contributed by atoms with E-state index in [1.165, 1.54) is 12.0 Å². The summed E-state index contributed by atoms with van der Waals surface area (Å²) in [6, 6.07) is 2.24. The summed E-state index contributed by atoms with van der Waals surface area (Å²) in [6.45, 7) is 10.6. The van der Waals surface area contributed by atoms with Crippen molar-refractivity contribution in [2.75, 3.05) is 5.75 Å². The van der Waals surface area contributed by atoms with Gasteiger partial charge >= 0.3 is 0 Å². The maximum atomic E-state index is 5.59. The van der Waals surface area contributed by atoms with Gasteiger partial charge in [-0.3, -0.25) is 4.99 Å². The second-order valence-electron chi connectivity index (χ2n) is 5.62. The first-order chi connectivity index (χ1) is 8.93.